The van der Waals surface area contributed by atoms with Crippen LogP contribution in [0.15, 0.2) is 85.3 Å². The lowest BCUT2D eigenvalue weighted by Gasteiger charge is -2.03. The van der Waals surface area contributed by atoms with E-state index in [0.29, 0.717) is 13.0 Å². The zero-order chi connectivity index (χ0) is 20.8. The molecule has 0 unspecified atom stereocenters. The van der Waals surface area contributed by atoms with Gasteiger partial charge in [-0.2, -0.15) is 0 Å². The minimum Gasteiger partial charge on any atom is -0.461 e. The number of hydrogen-bond acceptors (Lipinski definition) is 3. The Balaban J connectivity index is 1.95. The predicted molar refractivity (Wildman–Crippen MR) is 122 cm³/mol. The highest BCUT2D eigenvalue weighted by molar-refractivity contribution is 5.69. The van der Waals surface area contributed by atoms with Crippen LogP contribution in [-0.4, -0.2) is 11.0 Å². The largest absolute Gasteiger partial charge is 0.461 e. The van der Waals surface area contributed by atoms with Crippen molar-refractivity contribution in [1.82, 2.24) is 4.98 Å². The summed E-state index contributed by atoms with van der Waals surface area (Å²) in [5, 5.41) is 0. The fraction of sp³-hybridized carbons (Fsp3) is 0.385. The molecule has 0 aliphatic rings. The summed E-state index contributed by atoms with van der Waals surface area (Å²) in [7, 11) is 0. The summed E-state index contributed by atoms with van der Waals surface area (Å²) < 4.78 is 5.23. The van der Waals surface area contributed by atoms with E-state index in [1.807, 2.05) is 12.1 Å². The Morgan fingerprint density at radius 2 is 1.48 bits per heavy atom. The van der Waals surface area contributed by atoms with Gasteiger partial charge in [-0.15, -0.1) is 0 Å². The molecule has 3 nitrogen and oxygen atoms in total. The zero-order valence-corrected chi connectivity index (χ0v) is 17.7. The Bertz CT molecular complexity index is 669. The minimum absolute atomic E-state index is 0.152. The normalized spacial score (nSPS) is 12.3. The highest BCUT2D eigenvalue weighted by Crippen LogP contribution is 2.04. The number of nitrogens with zero attached hydrogens (tertiary/aromatic N) is 1. The van der Waals surface area contributed by atoms with Crippen molar-refractivity contribution < 1.29 is 9.53 Å². The highest BCUT2D eigenvalue weighted by atomic mass is 16.5. The lowest BCUT2D eigenvalue weighted by Crippen LogP contribution is -2.04. The average Bonchev–Trinajstić information content (AvgIpc) is 2.75. The molecule has 3 heteroatoms. The van der Waals surface area contributed by atoms with Crippen molar-refractivity contribution in [2.24, 2.45) is 0 Å². The molecule has 1 heterocycles. The molecule has 0 aromatic carbocycles. The van der Waals surface area contributed by atoms with Crippen LogP contribution < -0.4 is 0 Å². The monoisotopic (exact) mass is 393 g/mol. The molecule has 0 amide bonds. The van der Waals surface area contributed by atoms with Crippen LogP contribution in [0.25, 0.3) is 0 Å². The minimum atomic E-state index is -0.152. The molecule has 29 heavy (non-hydrogen) atoms. The molecule has 0 saturated heterocycles. The van der Waals surface area contributed by atoms with Crippen molar-refractivity contribution in [3.05, 3.63) is 90.9 Å². The fourth-order valence-corrected chi connectivity index (χ4v) is 2.45. The van der Waals surface area contributed by atoms with Gasteiger partial charge >= 0.3 is 5.97 Å². The number of rotatable bonds is 15. The molecule has 0 fully saturated rings. The highest BCUT2D eigenvalue weighted by Gasteiger charge is 2.02. The second-order valence-electron chi connectivity index (χ2n) is 6.62. The summed E-state index contributed by atoms with van der Waals surface area (Å²) in [5.74, 6) is -0.152. The van der Waals surface area contributed by atoms with E-state index in [1.54, 1.807) is 12.4 Å². The number of carbonyl (C=O) groups excluding carboxylic acids is 1. The Morgan fingerprint density at radius 1 is 0.897 bits per heavy atom. The van der Waals surface area contributed by atoms with Crippen molar-refractivity contribution >= 4 is 5.97 Å². The lowest BCUT2D eigenvalue weighted by molar-refractivity contribution is -0.145. The molecular formula is C26H35NO2. The van der Waals surface area contributed by atoms with Crippen LogP contribution in [0.5, 0.6) is 0 Å². The molecule has 0 radical (unpaired) electrons. The Labute approximate surface area is 176 Å². The van der Waals surface area contributed by atoms with Gasteiger partial charge in [-0.05, 0) is 51.0 Å². The van der Waals surface area contributed by atoms with Gasteiger partial charge in [-0.1, -0.05) is 73.8 Å². The number of esters is 1. The van der Waals surface area contributed by atoms with Gasteiger partial charge in [-0.25, -0.2) is 0 Å². The molecular weight excluding hydrogens is 358 g/mol. The third-order valence-electron chi connectivity index (χ3n) is 4.03. The third kappa shape index (κ3) is 16.0. The number of pyridine rings is 1. The molecule has 0 saturated carbocycles. The van der Waals surface area contributed by atoms with Gasteiger partial charge in [-0.3, -0.25) is 9.78 Å². The topological polar surface area (TPSA) is 39.2 Å². The summed E-state index contributed by atoms with van der Waals surface area (Å²) in [6.45, 7) is 2.45. The third-order valence-corrected chi connectivity index (χ3v) is 4.03. The van der Waals surface area contributed by atoms with E-state index in [2.05, 4.69) is 72.7 Å². The van der Waals surface area contributed by atoms with E-state index in [9.17, 15) is 4.79 Å². The quantitative estimate of drug-likeness (QED) is 0.182. The number of hydrogen-bond donors (Lipinski definition) is 0. The number of ether oxygens (including phenoxy) is 1. The number of carbonyl (C=O) groups is 1. The van der Waals surface area contributed by atoms with Crippen molar-refractivity contribution in [2.45, 2.75) is 64.9 Å². The Hall–Kier alpha value is -2.68. The van der Waals surface area contributed by atoms with Crippen molar-refractivity contribution in [3.63, 3.8) is 0 Å². The van der Waals surface area contributed by atoms with Gasteiger partial charge < -0.3 is 4.74 Å². The molecule has 1 aromatic rings. The fourth-order valence-electron chi connectivity index (χ4n) is 2.45. The van der Waals surface area contributed by atoms with Gasteiger partial charge in [0.1, 0.15) is 6.61 Å². The summed E-state index contributed by atoms with van der Waals surface area (Å²) in [5.41, 5.74) is 0.915. The van der Waals surface area contributed by atoms with E-state index in [4.69, 9.17) is 4.74 Å². The molecule has 0 aliphatic carbocycles. The van der Waals surface area contributed by atoms with Gasteiger partial charge in [0.25, 0.3) is 0 Å². The first kappa shape index (κ1) is 24.4. The summed E-state index contributed by atoms with van der Waals surface area (Å²) in [4.78, 5) is 15.7. The van der Waals surface area contributed by atoms with E-state index in [1.165, 1.54) is 0 Å². The maximum absolute atomic E-state index is 11.7. The maximum atomic E-state index is 11.7. The molecule has 1 rings (SSSR count). The Kier molecular flexibility index (Phi) is 15.7. The van der Waals surface area contributed by atoms with Crippen molar-refractivity contribution in [1.29, 1.82) is 0 Å². The number of aromatic nitrogens is 1. The number of allylic oxidation sites excluding steroid dienone is 10. The van der Waals surface area contributed by atoms with Gasteiger partial charge in [0.05, 0.1) is 0 Å². The first-order valence-electron chi connectivity index (χ1n) is 10.6. The van der Waals surface area contributed by atoms with Crippen molar-refractivity contribution in [2.75, 3.05) is 0 Å². The second-order valence-corrected chi connectivity index (χ2v) is 6.62. The standard InChI is InChI=1S/C26H35NO2/c1-2-3-4-5-6-7-8-9-10-11-12-13-14-15-16-17-18-21-26(28)29-24-25-20-19-22-27-23-25/h3-4,6-7,9-10,12-13,15-16,19-20,22-23H,2,5,8,11,14,17-18,21,24H2,1H3. The molecule has 1 aromatic heterocycles. The van der Waals surface area contributed by atoms with Crippen LogP contribution in [0.3, 0.4) is 0 Å². The molecule has 0 spiro atoms. The van der Waals surface area contributed by atoms with E-state index >= 15 is 0 Å². The molecule has 0 atom stereocenters. The van der Waals surface area contributed by atoms with E-state index in [0.717, 1.165) is 50.5 Å². The van der Waals surface area contributed by atoms with Crippen LogP contribution in [0.1, 0.15) is 63.9 Å². The zero-order valence-electron chi connectivity index (χ0n) is 17.7. The first-order chi connectivity index (χ1) is 14.3. The smallest absolute Gasteiger partial charge is 0.306 e. The van der Waals surface area contributed by atoms with Crippen LogP contribution in [0.4, 0.5) is 0 Å². The first-order valence-corrected chi connectivity index (χ1v) is 10.6. The molecule has 156 valence electrons. The molecule has 0 N–H and O–H groups in total. The Morgan fingerprint density at radius 3 is 2.03 bits per heavy atom. The summed E-state index contributed by atoms with van der Waals surface area (Å²) in [6, 6.07) is 3.74. The van der Waals surface area contributed by atoms with E-state index < -0.39 is 0 Å². The van der Waals surface area contributed by atoms with Crippen LogP contribution >= 0.6 is 0 Å². The SMILES string of the molecule is CCC=CCC=CCC=CCC=CCC=CCCCC(=O)OCc1cccnc1. The summed E-state index contributed by atoms with van der Waals surface area (Å²) >= 11 is 0. The van der Waals surface area contributed by atoms with Crippen LogP contribution in [0, 0.1) is 0 Å². The lowest BCUT2D eigenvalue weighted by atomic mass is 10.2. The van der Waals surface area contributed by atoms with Gasteiger partial charge in [0.15, 0.2) is 0 Å². The van der Waals surface area contributed by atoms with Gasteiger partial charge in [0.2, 0.25) is 0 Å². The van der Waals surface area contributed by atoms with E-state index in [-0.39, 0.29) is 5.97 Å². The maximum Gasteiger partial charge on any atom is 0.306 e. The average molecular weight is 394 g/mol. The van der Waals surface area contributed by atoms with Crippen LogP contribution in [0.2, 0.25) is 0 Å². The van der Waals surface area contributed by atoms with Crippen LogP contribution in [-0.2, 0) is 16.1 Å². The molecule has 0 aliphatic heterocycles. The summed E-state index contributed by atoms with van der Waals surface area (Å²) in [6.07, 6.45) is 32.5. The molecule has 0 bridgehead atoms. The predicted octanol–water partition coefficient (Wildman–Crippen LogP) is 7.05. The second kappa shape index (κ2) is 18.7. The van der Waals surface area contributed by atoms with Crippen molar-refractivity contribution in [3.8, 4) is 0 Å². The van der Waals surface area contributed by atoms with Gasteiger partial charge in [0, 0.05) is 24.4 Å². The number of unbranched alkanes of at least 4 members (excludes halogenated alkanes) is 1.